The van der Waals surface area contributed by atoms with Gasteiger partial charge in [0.25, 0.3) is 0 Å². The summed E-state index contributed by atoms with van der Waals surface area (Å²) >= 11 is 0. The van der Waals surface area contributed by atoms with Gasteiger partial charge in [0.1, 0.15) is 0 Å². The number of esters is 1. The summed E-state index contributed by atoms with van der Waals surface area (Å²) in [5.41, 5.74) is -1.62. The maximum absolute atomic E-state index is 11.0. The predicted octanol–water partition coefficient (Wildman–Crippen LogP) is 1.35. The summed E-state index contributed by atoms with van der Waals surface area (Å²) in [5, 5.41) is 9.03. The zero-order valence-corrected chi connectivity index (χ0v) is 10.1. The fourth-order valence-electron chi connectivity index (χ4n) is 1.66. The summed E-state index contributed by atoms with van der Waals surface area (Å²) in [4.78, 5) is 21.9. The van der Waals surface area contributed by atoms with Crippen LogP contribution in [-0.4, -0.2) is 34.4 Å². The van der Waals surface area contributed by atoms with Crippen molar-refractivity contribution in [3.8, 4) is 0 Å². The highest BCUT2D eigenvalue weighted by molar-refractivity contribution is 5.80. The normalized spacial score (nSPS) is 25.6. The Hall–Kier alpha value is -1.10. The van der Waals surface area contributed by atoms with Gasteiger partial charge in [-0.2, -0.15) is 0 Å². The monoisotopic (exact) mass is 230 g/mol. The Labute approximate surface area is 94.7 Å². The lowest BCUT2D eigenvalue weighted by Crippen LogP contribution is -2.40. The van der Waals surface area contributed by atoms with E-state index in [0.29, 0.717) is 6.42 Å². The van der Waals surface area contributed by atoms with E-state index in [0.717, 1.165) is 0 Å². The minimum atomic E-state index is -1.45. The van der Waals surface area contributed by atoms with Gasteiger partial charge in [-0.3, -0.25) is 4.79 Å². The Morgan fingerprint density at radius 1 is 1.50 bits per heavy atom. The molecule has 0 aromatic rings. The smallest absolute Gasteiger partial charge is 0.347 e. The molecule has 1 N–H and O–H groups in total. The molecule has 0 spiro atoms. The third kappa shape index (κ3) is 2.95. The standard InChI is InChI=1S/C11H18O5/c1-7(12)15-11(4,9(13)14)6-5-8-10(2,3)16-8/h8H,5-6H2,1-4H3,(H,13,14)/t8?,11-/m1/s1. The molecule has 0 aromatic carbocycles. The van der Waals surface area contributed by atoms with Crippen LogP contribution in [0.5, 0.6) is 0 Å². The Kier molecular flexibility index (Phi) is 3.28. The van der Waals surface area contributed by atoms with Crippen LogP contribution in [-0.2, 0) is 19.1 Å². The van der Waals surface area contributed by atoms with Crippen molar-refractivity contribution in [2.24, 2.45) is 0 Å². The molecule has 1 aliphatic rings. The van der Waals surface area contributed by atoms with E-state index in [1.165, 1.54) is 13.8 Å². The fraction of sp³-hybridized carbons (Fsp3) is 0.818. The molecule has 5 heteroatoms. The number of epoxide rings is 1. The maximum Gasteiger partial charge on any atom is 0.347 e. The number of hydrogen-bond acceptors (Lipinski definition) is 4. The van der Waals surface area contributed by atoms with Gasteiger partial charge in [0, 0.05) is 13.3 Å². The minimum Gasteiger partial charge on any atom is -0.478 e. The van der Waals surface area contributed by atoms with Crippen LogP contribution in [0.3, 0.4) is 0 Å². The molecule has 0 aromatic heterocycles. The van der Waals surface area contributed by atoms with Crippen molar-refractivity contribution in [2.75, 3.05) is 0 Å². The molecule has 0 radical (unpaired) electrons. The molecule has 1 heterocycles. The fourth-order valence-corrected chi connectivity index (χ4v) is 1.66. The second kappa shape index (κ2) is 4.05. The van der Waals surface area contributed by atoms with Crippen molar-refractivity contribution in [1.29, 1.82) is 0 Å². The first kappa shape index (κ1) is 13.0. The molecule has 2 atom stereocenters. The highest BCUT2D eigenvalue weighted by Gasteiger charge is 2.49. The number of rotatable bonds is 5. The molecule has 1 rings (SSSR count). The van der Waals surface area contributed by atoms with E-state index >= 15 is 0 Å². The van der Waals surface area contributed by atoms with E-state index in [1.807, 2.05) is 13.8 Å². The molecule has 92 valence electrons. The number of aliphatic carboxylic acids is 1. The van der Waals surface area contributed by atoms with E-state index in [1.54, 1.807) is 0 Å². The molecule has 5 nitrogen and oxygen atoms in total. The van der Waals surface area contributed by atoms with Crippen molar-refractivity contribution < 1.29 is 24.2 Å². The van der Waals surface area contributed by atoms with Crippen LogP contribution in [0, 0.1) is 0 Å². The van der Waals surface area contributed by atoms with Gasteiger partial charge < -0.3 is 14.6 Å². The van der Waals surface area contributed by atoms with Crippen molar-refractivity contribution in [1.82, 2.24) is 0 Å². The van der Waals surface area contributed by atoms with Crippen LogP contribution in [0.2, 0.25) is 0 Å². The second-order valence-corrected chi connectivity index (χ2v) is 4.88. The average Bonchev–Trinajstić information content (AvgIpc) is 2.69. The first-order valence-corrected chi connectivity index (χ1v) is 5.28. The number of carboxylic acid groups (broad SMARTS) is 1. The summed E-state index contributed by atoms with van der Waals surface area (Å²) in [7, 11) is 0. The van der Waals surface area contributed by atoms with Gasteiger partial charge in [-0.25, -0.2) is 4.79 Å². The maximum atomic E-state index is 11.0. The van der Waals surface area contributed by atoms with Gasteiger partial charge in [-0.05, 0) is 27.2 Å². The van der Waals surface area contributed by atoms with E-state index < -0.39 is 17.5 Å². The van der Waals surface area contributed by atoms with E-state index in [-0.39, 0.29) is 18.1 Å². The molecule has 1 unspecified atom stereocenters. The molecule has 0 amide bonds. The van der Waals surface area contributed by atoms with Gasteiger partial charge in [0.15, 0.2) is 0 Å². The first-order valence-electron chi connectivity index (χ1n) is 5.28. The van der Waals surface area contributed by atoms with Crippen LogP contribution in [0.4, 0.5) is 0 Å². The Balaban J connectivity index is 2.52. The summed E-state index contributed by atoms with van der Waals surface area (Å²) in [6.07, 6.45) is 0.890. The highest BCUT2D eigenvalue weighted by Crippen LogP contribution is 2.39. The summed E-state index contributed by atoms with van der Waals surface area (Å²) in [6, 6.07) is 0. The quantitative estimate of drug-likeness (QED) is 0.570. The SMILES string of the molecule is CC(=O)O[C@](C)(CCC1OC1(C)C)C(=O)O. The molecule has 1 fully saturated rings. The Morgan fingerprint density at radius 3 is 2.31 bits per heavy atom. The number of carboxylic acids is 1. The minimum absolute atomic E-state index is 0.0572. The van der Waals surface area contributed by atoms with Crippen LogP contribution in [0.15, 0.2) is 0 Å². The Morgan fingerprint density at radius 2 is 2.00 bits per heavy atom. The van der Waals surface area contributed by atoms with Crippen LogP contribution < -0.4 is 0 Å². The summed E-state index contributed by atoms with van der Waals surface area (Å²) in [5.74, 6) is -1.71. The third-order valence-corrected chi connectivity index (χ3v) is 2.87. The van der Waals surface area contributed by atoms with Crippen LogP contribution in [0.1, 0.15) is 40.5 Å². The van der Waals surface area contributed by atoms with Gasteiger partial charge in [-0.15, -0.1) is 0 Å². The number of hydrogen-bond donors (Lipinski definition) is 1. The zero-order chi connectivity index (χ0) is 12.6. The predicted molar refractivity (Wildman–Crippen MR) is 56.0 cm³/mol. The second-order valence-electron chi connectivity index (χ2n) is 4.88. The van der Waals surface area contributed by atoms with Crippen LogP contribution in [0.25, 0.3) is 0 Å². The molecular formula is C11H18O5. The molecule has 0 aliphatic carbocycles. The molecule has 1 saturated heterocycles. The first-order chi connectivity index (χ1) is 7.17. The zero-order valence-electron chi connectivity index (χ0n) is 10.1. The molecule has 0 saturated carbocycles. The van der Waals surface area contributed by atoms with Crippen molar-refractivity contribution >= 4 is 11.9 Å². The van der Waals surface area contributed by atoms with E-state index in [9.17, 15) is 9.59 Å². The average molecular weight is 230 g/mol. The lowest BCUT2D eigenvalue weighted by Gasteiger charge is -2.24. The van der Waals surface area contributed by atoms with E-state index in [4.69, 9.17) is 14.6 Å². The topological polar surface area (TPSA) is 76.1 Å². The molecule has 1 aliphatic heterocycles. The summed E-state index contributed by atoms with van der Waals surface area (Å²) < 4.78 is 10.2. The van der Waals surface area contributed by atoms with E-state index in [2.05, 4.69) is 0 Å². The molecular weight excluding hydrogens is 212 g/mol. The largest absolute Gasteiger partial charge is 0.478 e. The van der Waals surface area contributed by atoms with Gasteiger partial charge in [-0.1, -0.05) is 0 Å². The van der Waals surface area contributed by atoms with Crippen molar-refractivity contribution in [3.05, 3.63) is 0 Å². The van der Waals surface area contributed by atoms with Crippen molar-refractivity contribution in [3.63, 3.8) is 0 Å². The van der Waals surface area contributed by atoms with Crippen LogP contribution >= 0.6 is 0 Å². The lowest BCUT2D eigenvalue weighted by molar-refractivity contribution is -0.176. The van der Waals surface area contributed by atoms with Crippen molar-refractivity contribution in [2.45, 2.75) is 57.8 Å². The number of carbonyl (C=O) groups is 2. The summed E-state index contributed by atoms with van der Waals surface area (Å²) in [6.45, 7) is 6.51. The number of ether oxygens (including phenoxy) is 2. The number of carbonyl (C=O) groups excluding carboxylic acids is 1. The highest BCUT2D eigenvalue weighted by atomic mass is 16.6. The lowest BCUT2D eigenvalue weighted by atomic mass is 9.96. The van der Waals surface area contributed by atoms with Gasteiger partial charge in [0.2, 0.25) is 5.60 Å². The van der Waals surface area contributed by atoms with Gasteiger partial charge in [0.05, 0.1) is 11.7 Å². The third-order valence-electron chi connectivity index (χ3n) is 2.87. The molecule has 16 heavy (non-hydrogen) atoms. The molecule has 0 bridgehead atoms. The Bertz CT molecular complexity index is 309. The van der Waals surface area contributed by atoms with Gasteiger partial charge >= 0.3 is 11.9 Å².